The van der Waals surface area contributed by atoms with Gasteiger partial charge in [0.2, 0.25) is 15.8 Å². The maximum Gasteiger partial charge on any atom is 0.312 e. The van der Waals surface area contributed by atoms with E-state index in [0.717, 1.165) is 6.07 Å². The van der Waals surface area contributed by atoms with Crippen LogP contribution in [-0.4, -0.2) is 30.7 Å². The first-order valence-corrected chi connectivity index (χ1v) is 9.33. The van der Waals surface area contributed by atoms with Crippen molar-refractivity contribution < 1.29 is 18.1 Å². The Kier molecular flexibility index (Phi) is 5.99. The lowest BCUT2D eigenvalue weighted by Crippen LogP contribution is -2.30. The molecule has 0 aromatic heterocycles. The number of nitro groups is 1. The van der Waals surface area contributed by atoms with E-state index in [-0.39, 0.29) is 23.7 Å². The molecule has 0 aliphatic rings. The summed E-state index contributed by atoms with van der Waals surface area (Å²) in [4.78, 5) is 10.5. The number of sulfonamides is 1. The van der Waals surface area contributed by atoms with Crippen LogP contribution in [0.2, 0.25) is 5.02 Å². The Morgan fingerprint density at radius 2 is 1.72 bits per heavy atom. The number of hydrogen-bond acceptors (Lipinski definition) is 5. The van der Waals surface area contributed by atoms with Crippen LogP contribution in [0, 0.1) is 10.1 Å². The van der Waals surface area contributed by atoms with E-state index in [4.69, 9.17) is 16.3 Å². The highest BCUT2D eigenvalue weighted by molar-refractivity contribution is 7.89. The SMILES string of the molecule is CCN(CC)S(=O)(=O)c1ccc(Oc2ccc(Cl)cc2)c([N+](=O)[O-])c1. The van der Waals surface area contributed by atoms with Crippen molar-refractivity contribution in [2.75, 3.05) is 13.1 Å². The zero-order valence-electron chi connectivity index (χ0n) is 13.7. The first-order chi connectivity index (χ1) is 11.8. The highest BCUT2D eigenvalue weighted by Gasteiger charge is 2.26. The van der Waals surface area contributed by atoms with Gasteiger partial charge in [0.25, 0.3) is 0 Å². The first-order valence-electron chi connectivity index (χ1n) is 7.51. The van der Waals surface area contributed by atoms with Crippen molar-refractivity contribution in [2.24, 2.45) is 0 Å². The lowest BCUT2D eigenvalue weighted by molar-refractivity contribution is -0.385. The number of nitro benzene ring substituents is 1. The molecule has 2 aromatic rings. The van der Waals surface area contributed by atoms with E-state index in [1.54, 1.807) is 38.1 Å². The minimum absolute atomic E-state index is 0.0502. The Balaban J connectivity index is 2.44. The molecule has 0 saturated heterocycles. The van der Waals surface area contributed by atoms with Crippen molar-refractivity contribution in [3.63, 3.8) is 0 Å². The summed E-state index contributed by atoms with van der Waals surface area (Å²) in [6.07, 6.45) is 0. The van der Waals surface area contributed by atoms with Gasteiger partial charge in [-0.05, 0) is 36.4 Å². The van der Waals surface area contributed by atoms with E-state index in [2.05, 4.69) is 0 Å². The van der Waals surface area contributed by atoms with Crippen LogP contribution in [0.15, 0.2) is 47.4 Å². The third kappa shape index (κ3) is 4.28. The van der Waals surface area contributed by atoms with Crippen molar-refractivity contribution in [3.05, 3.63) is 57.6 Å². The smallest absolute Gasteiger partial charge is 0.312 e. The average molecular weight is 385 g/mol. The molecule has 0 saturated carbocycles. The summed E-state index contributed by atoms with van der Waals surface area (Å²) in [5.41, 5.74) is -0.428. The Morgan fingerprint density at radius 3 is 2.24 bits per heavy atom. The summed E-state index contributed by atoms with van der Waals surface area (Å²) in [7, 11) is -3.80. The molecule has 0 unspecified atom stereocenters. The predicted octanol–water partition coefficient (Wildman–Crippen LogP) is 4.07. The molecule has 0 radical (unpaired) electrons. The molecular weight excluding hydrogens is 368 g/mol. The van der Waals surface area contributed by atoms with Gasteiger partial charge in [-0.2, -0.15) is 4.31 Å². The van der Waals surface area contributed by atoms with Crippen molar-refractivity contribution >= 4 is 27.3 Å². The fraction of sp³-hybridized carbons (Fsp3) is 0.250. The van der Waals surface area contributed by atoms with E-state index in [9.17, 15) is 18.5 Å². The highest BCUT2D eigenvalue weighted by atomic mass is 35.5. The van der Waals surface area contributed by atoms with Gasteiger partial charge in [-0.15, -0.1) is 0 Å². The summed E-state index contributed by atoms with van der Waals surface area (Å²) in [6.45, 7) is 3.95. The van der Waals surface area contributed by atoms with Crippen molar-refractivity contribution in [2.45, 2.75) is 18.7 Å². The predicted molar refractivity (Wildman–Crippen MR) is 94.7 cm³/mol. The topological polar surface area (TPSA) is 89.8 Å². The first kappa shape index (κ1) is 19.2. The molecular formula is C16H17ClN2O5S. The molecule has 0 aliphatic heterocycles. The average Bonchev–Trinajstić information content (AvgIpc) is 2.57. The molecule has 0 heterocycles. The van der Waals surface area contributed by atoms with E-state index in [1.807, 2.05) is 0 Å². The van der Waals surface area contributed by atoms with Crippen LogP contribution in [0.25, 0.3) is 0 Å². The molecule has 0 bridgehead atoms. The second-order valence-corrected chi connectivity index (χ2v) is 7.41. The summed E-state index contributed by atoms with van der Waals surface area (Å²) in [5, 5.41) is 11.9. The Hall–Kier alpha value is -2.16. The molecule has 9 heteroatoms. The zero-order chi connectivity index (χ0) is 18.6. The van der Waals surface area contributed by atoms with Crippen LogP contribution in [0.5, 0.6) is 11.5 Å². The van der Waals surface area contributed by atoms with Crippen LogP contribution in [-0.2, 0) is 10.0 Å². The normalized spacial score (nSPS) is 11.5. The molecule has 0 amide bonds. The molecule has 7 nitrogen and oxygen atoms in total. The monoisotopic (exact) mass is 384 g/mol. The Bertz CT molecular complexity index is 865. The van der Waals surface area contributed by atoms with Crippen molar-refractivity contribution in [1.82, 2.24) is 4.31 Å². The number of rotatable bonds is 7. The Labute approximate surface area is 151 Å². The fourth-order valence-electron chi connectivity index (χ4n) is 2.23. The largest absolute Gasteiger partial charge is 0.450 e. The number of halogens is 1. The summed E-state index contributed by atoms with van der Waals surface area (Å²) >= 11 is 5.79. The molecule has 2 aromatic carbocycles. The number of ether oxygens (including phenoxy) is 1. The number of hydrogen-bond donors (Lipinski definition) is 0. The molecule has 0 fully saturated rings. The fourth-order valence-corrected chi connectivity index (χ4v) is 3.83. The standard InChI is InChI=1S/C16H17ClN2O5S/c1-3-18(4-2)25(22,23)14-9-10-16(15(11-14)19(20)21)24-13-7-5-12(17)6-8-13/h5-11H,3-4H2,1-2H3. The van der Waals surface area contributed by atoms with E-state index in [1.165, 1.54) is 16.4 Å². The molecule has 134 valence electrons. The summed E-state index contributed by atoms with van der Waals surface area (Å²) < 4.78 is 31.8. The second-order valence-electron chi connectivity index (χ2n) is 5.03. The summed E-state index contributed by atoms with van der Waals surface area (Å²) in [5.74, 6) is 0.303. The van der Waals surface area contributed by atoms with E-state index < -0.39 is 20.6 Å². The van der Waals surface area contributed by atoms with Gasteiger partial charge in [0.15, 0.2) is 0 Å². The summed E-state index contributed by atoms with van der Waals surface area (Å²) in [6, 6.07) is 9.89. The number of nitrogens with zero attached hydrogens (tertiary/aromatic N) is 2. The van der Waals surface area contributed by atoms with Gasteiger partial charge in [-0.1, -0.05) is 25.4 Å². The van der Waals surface area contributed by atoms with Gasteiger partial charge < -0.3 is 4.74 Å². The quantitative estimate of drug-likeness (QED) is 0.530. The lowest BCUT2D eigenvalue weighted by atomic mass is 10.3. The van der Waals surface area contributed by atoms with Gasteiger partial charge in [0, 0.05) is 24.2 Å². The van der Waals surface area contributed by atoms with Crippen LogP contribution in [0.4, 0.5) is 5.69 Å². The molecule has 25 heavy (non-hydrogen) atoms. The van der Waals surface area contributed by atoms with Crippen LogP contribution >= 0.6 is 11.6 Å². The second kappa shape index (κ2) is 7.81. The third-order valence-electron chi connectivity index (χ3n) is 3.51. The maximum atomic E-state index is 12.5. The van der Waals surface area contributed by atoms with Crippen molar-refractivity contribution in [1.29, 1.82) is 0 Å². The molecule has 0 N–H and O–H groups in total. The molecule has 0 aliphatic carbocycles. The molecule has 0 spiro atoms. The highest BCUT2D eigenvalue weighted by Crippen LogP contribution is 2.34. The van der Waals surface area contributed by atoms with Gasteiger partial charge in [-0.25, -0.2) is 8.42 Å². The molecule has 0 atom stereocenters. The van der Waals surface area contributed by atoms with Gasteiger partial charge in [0.05, 0.1) is 9.82 Å². The molecule has 2 rings (SSSR count). The third-order valence-corrected chi connectivity index (χ3v) is 5.81. The maximum absolute atomic E-state index is 12.5. The lowest BCUT2D eigenvalue weighted by Gasteiger charge is -2.18. The van der Waals surface area contributed by atoms with Gasteiger partial charge in [0.1, 0.15) is 5.75 Å². The Morgan fingerprint density at radius 1 is 1.12 bits per heavy atom. The van der Waals surface area contributed by atoms with Gasteiger partial charge >= 0.3 is 5.69 Å². The number of benzene rings is 2. The van der Waals surface area contributed by atoms with Crippen LogP contribution < -0.4 is 4.74 Å². The minimum atomic E-state index is -3.80. The van der Waals surface area contributed by atoms with Gasteiger partial charge in [-0.3, -0.25) is 10.1 Å². The van der Waals surface area contributed by atoms with E-state index >= 15 is 0 Å². The zero-order valence-corrected chi connectivity index (χ0v) is 15.2. The van der Waals surface area contributed by atoms with Crippen molar-refractivity contribution in [3.8, 4) is 11.5 Å². The minimum Gasteiger partial charge on any atom is -0.450 e. The van der Waals surface area contributed by atoms with Crippen LogP contribution in [0.3, 0.4) is 0 Å². The van der Waals surface area contributed by atoms with Crippen LogP contribution in [0.1, 0.15) is 13.8 Å². The van der Waals surface area contributed by atoms with E-state index in [0.29, 0.717) is 10.8 Å².